The molecule has 0 amide bonds. The van der Waals surface area contributed by atoms with Crippen molar-refractivity contribution >= 4 is 7.82 Å². The van der Waals surface area contributed by atoms with Gasteiger partial charge in [0.25, 0.3) is 5.56 Å². The number of H-pyrrole nitrogens is 1. The first-order chi connectivity index (χ1) is 13.5. The second kappa shape index (κ2) is 7.75. The summed E-state index contributed by atoms with van der Waals surface area (Å²) in [6.07, 6.45) is -1.56. The molecule has 28 heavy (non-hydrogen) atoms. The van der Waals surface area contributed by atoms with E-state index < -0.39 is 43.4 Å². The van der Waals surface area contributed by atoms with Crippen LogP contribution in [-0.4, -0.2) is 40.1 Å². The fourth-order valence-electron chi connectivity index (χ4n) is 3.20. The molecule has 1 aromatic carbocycles. The molecule has 10 nitrogen and oxygen atoms in total. The lowest BCUT2D eigenvalue weighted by atomic mass is 9.99. The predicted molar refractivity (Wildman–Crippen MR) is 95.5 cm³/mol. The molecule has 11 heteroatoms. The van der Waals surface area contributed by atoms with Crippen LogP contribution in [0, 0.1) is 5.92 Å². The van der Waals surface area contributed by atoms with Crippen molar-refractivity contribution in [3.05, 3.63) is 69.0 Å². The summed E-state index contributed by atoms with van der Waals surface area (Å²) >= 11 is 0. The molecule has 2 aromatic rings. The second-order valence-corrected chi connectivity index (χ2v) is 8.20. The third-order valence-corrected chi connectivity index (χ3v) is 6.08. The molecule has 1 unspecified atom stereocenters. The highest BCUT2D eigenvalue weighted by Crippen LogP contribution is 2.54. The second-order valence-electron chi connectivity index (χ2n) is 6.53. The number of benzene rings is 1. The molecule has 2 N–H and O–H groups in total. The summed E-state index contributed by atoms with van der Waals surface area (Å²) in [6, 6.07) is 10.3. The van der Waals surface area contributed by atoms with Crippen molar-refractivity contribution in [1.29, 1.82) is 0 Å². The largest absolute Gasteiger partial charge is 0.475 e. The lowest BCUT2D eigenvalue weighted by molar-refractivity contribution is -0.0531. The van der Waals surface area contributed by atoms with E-state index in [4.69, 9.17) is 18.3 Å². The number of fused-ring (bicyclic) bond motifs is 1. The van der Waals surface area contributed by atoms with Gasteiger partial charge in [-0.25, -0.2) is 9.36 Å². The Morgan fingerprint density at radius 1 is 1.18 bits per heavy atom. The van der Waals surface area contributed by atoms with Gasteiger partial charge in [0.05, 0.1) is 25.9 Å². The van der Waals surface area contributed by atoms with Crippen molar-refractivity contribution in [3.63, 3.8) is 0 Å². The standard InChI is InChI=1S/C17H19N2O8P/c20-14-6-7-19(17(22)18-14)16-15(21)12-9-25-28(23,26-10-13(12)27-16)24-8-11-4-2-1-3-5-11/h1-7,12-13,15-16,21H,8-10H2,(H,18,20,22)/t12-,13-,15-,16-,28?/m1/s1. The van der Waals surface area contributed by atoms with Crippen LogP contribution in [0.1, 0.15) is 11.8 Å². The van der Waals surface area contributed by atoms with E-state index in [0.717, 1.165) is 16.2 Å². The molecular weight excluding hydrogens is 391 g/mol. The quantitative estimate of drug-likeness (QED) is 0.708. The van der Waals surface area contributed by atoms with Crippen LogP contribution in [0.25, 0.3) is 0 Å². The normalized spacial score (nSPS) is 32.6. The highest BCUT2D eigenvalue weighted by molar-refractivity contribution is 7.48. The summed E-state index contributed by atoms with van der Waals surface area (Å²) in [6.45, 7) is -0.221. The fourth-order valence-corrected chi connectivity index (χ4v) is 4.42. The molecule has 5 atom stereocenters. The zero-order valence-corrected chi connectivity index (χ0v) is 15.6. The summed E-state index contributed by atoms with van der Waals surface area (Å²) in [5.41, 5.74) is -0.444. The minimum Gasteiger partial charge on any atom is -0.388 e. The number of hydrogen-bond donors (Lipinski definition) is 2. The first kappa shape index (κ1) is 19.3. The van der Waals surface area contributed by atoms with Crippen molar-refractivity contribution < 1.29 is 28.0 Å². The van der Waals surface area contributed by atoms with E-state index in [-0.39, 0.29) is 19.8 Å². The lowest BCUT2D eigenvalue weighted by Gasteiger charge is -2.20. The smallest absolute Gasteiger partial charge is 0.388 e. The van der Waals surface area contributed by atoms with Crippen molar-refractivity contribution in [2.45, 2.75) is 25.0 Å². The van der Waals surface area contributed by atoms with Gasteiger partial charge in [0.15, 0.2) is 6.23 Å². The van der Waals surface area contributed by atoms with Gasteiger partial charge in [-0.2, -0.15) is 0 Å². The molecule has 0 aliphatic carbocycles. The predicted octanol–water partition coefficient (Wildman–Crippen LogP) is 0.783. The van der Waals surface area contributed by atoms with Crippen molar-refractivity contribution in [1.82, 2.24) is 9.55 Å². The molecule has 1 aromatic heterocycles. The van der Waals surface area contributed by atoms with Crippen LogP contribution < -0.4 is 11.2 Å². The van der Waals surface area contributed by atoms with E-state index in [2.05, 4.69) is 4.98 Å². The Morgan fingerprint density at radius 2 is 1.93 bits per heavy atom. The molecule has 0 spiro atoms. The van der Waals surface area contributed by atoms with E-state index in [1.807, 2.05) is 30.3 Å². The average molecular weight is 410 g/mol. The maximum absolute atomic E-state index is 12.7. The van der Waals surface area contributed by atoms with Crippen LogP contribution in [-0.2, 0) is 29.5 Å². The minimum atomic E-state index is -3.82. The number of aliphatic hydroxyl groups is 1. The zero-order valence-electron chi connectivity index (χ0n) is 14.7. The van der Waals surface area contributed by atoms with Crippen LogP contribution in [0.15, 0.2) is 52.2 Å². The van der Waals surface area contributed by atoms with E-state index in [1.54, 1.807) is 0 Å². The topological polar surface area (TPSA) is 129 Å². The molecule has 0 saturated carbocycles. The van der Waals surface area contributed by atoms with Gasteiger partial charge in [-0.3, -0.25) is 27.9 Å². The Hall–Kier alpha value is -2.07. The maximum Gasteiger partial charge on any atom is 0.475 e. The Bertz CT molecular complexity index is 990. The number of ether oxygens (including phenoxy) is 1. The van der Waals surface area contributed by atoms with Crippen LogP contribution in [0.5, 0.6) is 0 Å². The average Bonchev–Trinajstić information content (AvgIpc) is 2.89. The van der Waals surface area contributed by atoms with Gasteiger partial charge in [0.1, 0.15) is 6.10 Å². The Labute approximate surface area is 159 Å². The zero-order chi connectivity index (χ0) is 19.7. The van der Waals surface area contributed by atoms with Gasteiger partial charge in [0.2, 0.25) is 0 Å². The number of nitrogens with one attached hydrogen (secondary N) is 1. The van der Waals surface area contributed by atoms with Gasteiger partial charge in [0, 0.05) is 18.2 Å². The molecule has 0 radical (unpaired) electrons. The molecule has 2 aliphatic rings. The summed E-state index contributed by atoms with van der Waals surface area (Å²) in [5.74, 6) is -0.583. The van der Waals surface area contributed by atoms with Gasteiger partial charge < -0.3 is 9.84 Å². The lowest BCUT2D eigenvalue weighted by Crippen LogP contribution is -2.36. The summed E-state index contributed by atoms with van der Waals surface area (Å²) in [7, 11) is -3.82. The molecule has 150 valence electrons. The van der Waals surface area contributed by atoms with Gasteiger partial charge >= 0.3 is 13.5 Å². The number of aliphatic hydroxyl groups excluding tert-OH is 1. The van der Waals surface area contributed by atoms with Gasteiger partial charge in [-0.1, -0.05) is 30.3 Å². The molecule has 2 saturated heterocycles. The van der Waals surface area contributed by atoms with E-state index in [1.165, 1.54) is 6.20 Å². The number of hydrogen-bond acceptors (Lipinski definition) is 8. The van der Waals surface area contributed by atoms with Gasteiger partial charge in [-0.15, -0.1) is 0 Å². The third kappa shape index (κ3) is 3.88. The van der Waals surface area contributed by atoms with Gasteiger partial charge in [-0.05, 0) is 5.56 Å². The first-order valence-corrected chi connectivity index (χ1v) is 10.1. The van der Waals surface area contributed by atoms with E-state index in [0.29, 0.717) is 0 Å². The molecule has 2 aliphatic heterocycles. The number of aromatic amines is 1. The highest BCUT2D eigenvalue weighted by Gasteiger charge is 2.49. The number of phosphoric acid groups is 1. The SMILES string of the molecule is O=c1ccn([C@@H]2O[C@@H]3COP(=O)(OCc4ccccc4)OC[C@H]3[C@H]2O)c(=O)[nH]1. The van der Waals surface area contributed by atoms with E-state index >= 15 is 0 Å². The van der Waals surface area contributed by atoms with E-state index in [9.17, 15) is 19.3 Å². The minimum absolute atomic E-state index is 0.0479. The number of aromatic nitrogens is 2. The number of rotatable bonds is 4. The van der Waals surface area contributed by atoms with Crippen molar-refractivity contribution in [3.8, 4) is 0 Å². The molecule has 3 heterocycles. The monoisotopic (exact) mass is 410 g/mol. The molecular formula is C17H19N2O8P. The summed E-state index contributed by atoms with van der Waals surface area (Å²) in [5, 5.41) is 10.6. The van der Waals surface area contributed by atoms with Crippen molar-refractivity contribution in [2.24, 2.45) is 5.92 Å². The Kier molecular flexibility index (Phi) is 5.33. The number of phosphoric ester groups is 1. The Balaban J connectivity index is 1.44. The highest BCUT2D eigenvalue weighted by atomic mass is 31.2. The first-order valence-electron chi connectivity index (χ1n) is 8.68. The van der Waals surface area contributed by atoms with Crippen molar-refractivity contribution in [2.75, 3.05) is 13.2 Å². The van der Waals surface area contributed by atoms with Crippen LogP contribution in [0.3, 0.4) is 0 Å². The number of nitrogens with zero attached hydrogens (tertiary/aromatic N) is 1. The molecule has 4 rings (SSSR count). The fraction of sp³-hybridized carbons (Fsp3) is 0.412. The maximum atomic E-state index is 12.7. The molecule has 0 bridgehead atoms. The molecule has 2 fully saturated rings. The third-order valence-electron chi connectivity index (χ3n) is 4.70. The van der Waals surface area contributed by atoms with Crippen LogP contribution >= 0.6 is 7.82 Å². The summed E-state index contributed by atoms with van der Waals surface area (Å²) < 4.78 is 35.6. The Morgan fingerprint density at radius 3 is 2.68 bits per heavy atom. The van der Waals surface area contributed by atoms with Crippen LogP contribution in [0.2, 0.25) is 0 Å². The van der Waals surface area contributed by atoms with Crippen LogP contribution in [0.4, 0.5) is 0 Å². The summed E-state index contributed by atoms with van der Waals surface area (Å²) in [4.78, 5) is 25.3.